The molecule has 0 radical (unpaired) electrons. The van der Waals surface area contributed by atoms with Crippen LogP contribution in [0.2, 0.25) is 0 Å². The van der Waals surface area contributed by atoms with Gasteiger partial charge in [0, 0.05) is 44.8 Å². The van der Waals surface area contributed by atoms with E-state index < -0.39 is 6.10 Å². The SMILES string of the molecule is CCCn1c(=O)c2c(nc(Cc3ccccc3)n2CCNCC(O)CC)n(CCCCCCc2ccc(N)cc2)c1=O. The Kier molecular flexibility index (Phi) is 11.5. The Morgan fingerprint density at radius 2 is 1.60 bits per heavy atom. The van der Waals surface area contributed by atoms with Crippen LogP contribution in [0.4, 0.5) is 5.69 Å². The summed E-state index contributed by atoms with van der Waals surface area (Å²) in [6, 6.07) is 18.1. The van der Waals surface area contributed by atoms with Crippen LogP contribution in [0.3, 0.4) is 0 Å². The van der Waals surface area contributed by atoms with Crippen molar-refractivity contribution in [1.82, 2.24) is 24.0 Å². The summed E-state index contributed by atoms with van der Waals surface area (Å²) in [5.41, 5.74) is 9.34. The fourth-order valence-electron chi connectivity index (χ4n) is 5.35. The molecule has 2 heterocycles. The summed E-state index contributed by atoms with van der Waals surface area (Å²) in [6.07, 6.45) is 6.45. The number of aliphatic hydroxyl groups is 1. The molecule has 0 aliphatic heterocycles. The Hall–Kier alpha value is -3.69. The van der Waals surface area contributed by atoms with Gasteiger partial charge in [0.15, 0.2) is 11.2 Å². The average Bonchev–Trinajstić information content (AvgIpc) is 3.35. The fraction of sp³-hybridized carbons (Fsp3) is 0.485. The van der Waals surface area contributed by atoms with Gasteiger partial charge in [0.1, 0.15) is 5.82 Å². The van der Waals surface area contributed by atoms with Crippen LogP contribution in [-0.4, -0.2) is 43.0 Å². The van der Waals surface area contributed by atoms with E-state index in [9.17, 15) is 14.7 Å². The van der Waals surface area contributed by atoms with Gasteiger partial charge >= 0.3 is 5.69 Å². The van der Waals surface area contributed by atoms with Gasteiger partial charge in [-0.1, -0.05) is 69.2 Å². The van der Waals surface area contributed by atoms with Crippen LogP contribution in [0.15, 0.2) is 64.2 Å². The van der Waals surface area contributed by atoms with Crippen LogP contribution in [-0.2, 0) is 32.5 Å². The van der Waals surface area contributed by atoms with Crippen molar-refractivity contribution >= 4 is 16.9 Å². The first-order chi connectivity index (χ1) is 20.4. The molecule has 0 spiro atoms. The molecule has 2 aromatic carbocycles. The zero-order valence-corrected chi connectivity index (χ0v) is 25.1. The number of anilines is 1. The molecule has 0 aliphatic carbocycles. The highest BCUT2D eigenvalue weighted by atomic mass is 16.3. The van der Waals surface area contributed by atoms with Gasteiger partial charge in [-0.05, 0) is 55.4 Å². The van der Waals surface area contributed by atoms with Gasteiger partial charge in [-0.15, -0.1) is 0 Å². The minimum Gasteiger partial charge on any atom is -0.399 e. The predicted molar refractivity (Wildman–Crippen MR) is 170 cm³/mol. The smallest absolute Gasteiger partial charge is 0.332 e. The number of rotatable bonds is 17. The third kappa shape index (κ3) is 7.98. The molecule has 4 N–H and O–H groups in total. The van der Waals surface area contributed by atoms with Crippen molar-refractivity contribution < 1.29 is 5.11 Å². The van der Waals surface area contributed by atoms with Crippen LogP contribution in [0.5, 0.6) is 0 Å². The number of nitrogen functional groups attached to an aromatic ring is 1. The second-order valence-corrected chi connectivity index (χ2v) is 11.1. The lowest BCUT2D eigenvalue weighted by atomic mass is 10.1. The van der Waals surface area contributed by atoms with Crippen molar-refractivity contribution in [3.8, 4) is 0 Å². The molecule has 9 heteroatoms. The lowest BCUT2D eigenvalue weighted by Gasteiger charge is -2.14. The van der Waals surface area contributed by atoms with E-state index in [0.717, 1.165) is 49.2 Å². The molecule has 226 valence electrons. The predicted octanol–water partition coefficient (Wildman–Crippen LogP) is 4.11. The lowest BCUT2D eigenvalue weighted by molar-refractivity contribution is 0.167. The van der Waals surface area contributed by atoms with Gasteiger partial charge < -0.3 is 20.7 Å². The molecule has 0 aliphatic rings. The van der Waals surface area contributed by atoms with Crippen LogP contribution in [0, 0.1) is 0 Å². The van der Waals surface area contributed by atoms with Gasteiger partial charge in [-0.2, -0.15) is 0 Å². The first-order valence-electron chi connectivity index (χ1n) is 15.4. The molecule has 0 bridgehead atoms. The molecule has 4 rings (SSSR count). The zero-order valence-electron chi connectivity index (χ0n) is 25.1. The van der Waals surface area contributed by atoms with E-state index in [1.807, 2.05) is 60.9 Å². The zero-order chi connectivity index (χ0) is 29.9. The standard InChI is InChI=1S/C33H46N6O3/c1-3-20-39-32(41)30-31(38(33(39)42)21-11-6-5-8-12-25-15-17-27(34)18-16-25)36-29(23-26-13-9-7-10-14-26)37(30)22-19-35-24-28(40)4-2/h7,9-10,13-18,28,35,40H,3-6,8,11-12,19-24,34H2,1-2H3. The highest BCUT2D eigenvalue weighted by molar-refractivity contribution is 5.71. The number of nitrogens with two attached hydrogens (primary N) is 1. The summed E-state index contributed by atoms with van der Waals surface area (Å²) in [5, 5.41) is 13.3. The highest BCUT2D eigenvalue weighted by Crippen LogP contribution is 2.17. The second kappa shape index (κ2) is 15.5. The summed E-state index contributed by atoms with van der Waals surface area (Å²) in [4.78, 5) is 32.3. The van der Waals surface area contributed by atoms with Crippen molar-refractivity contribution in [2.45, 2.75) is 91.0 Å². The minimum atomic E-state index is -0.410. The van der Waals surface area contributed by atoms with Gasteiger partial charge in [0.05, 0.1) is 6.10 Å². The number of aliphatic hydroxyl groups excluding tert-OH is 1. The summed E-state index contributed by atoms with van der Waals surface area (Å²) in [7, 11) is 0. The fourth-order valence-corrected chi connectivity index (χ4v) is 5.35. The van der Waals surface area contributed by atoms with E-state index in [1.165, 1.54) is 10.1 Å². The quantitative estimate of drug-likeness (QED) is 0.129. The van der Waals surface area contributed by atoms with E-state index in [0.29, 0.717) is 63.2 Å². The summed E-state index contributed by atoms with van der Waals surface area (Å²) >= 11 is 0. The number of imidazole rings is 1. The normalized spacial score (nSPS) is 12.3. The molecule has 0 saturated heterocycles. The molecule has 1 atom stereocenters. The molecular weight excluding hydrogens is 528 g/mol. The lowest BCUT2D eigenvalue weighted by Crippen LogP contribution is -2.41. The number of hydrogen-bond donors (Lipinski definition) is 3. The Balaban J connectivity index is 1.59. The van der Waals surface area contributed by atoms with Crippen molar-refractivity contribution in [2.75, 3.05) is 18.8 Å². The first kappa shape index (κ1) is 31.3. The van der Waals surface area contributed by atoms with Crippen LogP contribution in [0.1, 0.15) is 69.3 Å². The maximum absolute atomic E-state index is 13.8. The summed E-state index contributed by atoms with van der Waals surface area (Å²) in [5.74, 6) is 0.761. The average molecular weight is 575 g/mol. The van der Waals surface area contributed by atoms with Crippen molar-refractivity contribution in [2.24, 2.45) is 0 Å². The Morgan fingerprint density at radius 3 is 2.31 bits per heavy atom. The number of fused-ring (bicyclic) bond motifs is 1. The number of hydrogen-bond acceptors (Lipinski definition) is 6. The van der Waals surface area contributed by atoms with E-state index in [4.69, 9.17) is 10.7 Å². The molecule has 42 heavy (non-hydrogen) atoms. The number of aryl methyl sites for hydroxylation is 2. The molecular formula is C33H46N6O3. The molecule has 0 saturated carbocycles. The largest absolute Gasteiger partial charge is 0.399 e. The molecule has 9 nitrogen and oxygen atoms in total. The molecule has 2 aromatic heterocycles. The molecule has 0 amide bonds. The first-order valence-corrected chi connectivity index (χ1v) is 15.4. The molecule has 4 aromatic rings. The van der Waals surface area contributed by atoms with Crippen LogP contribution in [0.25, 0.3) is 11.2 Å². The summed E-state index contributed by atoms with van der Waals surface area (Å²) in [6.45, 7) is 6.38. The number of benzene rings is 2. The molecule has 1 unspecified atom stereocenters. The molecule has 0 fully saturated rings. The number of unbranched alkanes of at least 4 members (excludes halogenated alkanes) is 3. The third-order valence-corrected chi connectivity index (χ3v) is 7.79. The van der Waals surface area contributed by atoms with E-state index in [2.05, 4.69) is 17.4 Å². The number of nitrogens with zero attached hydrogens (tertiary/aromatic N) is 4. The van der Waals surface area contributed by atoms with E-state index in [1.54, 1.807) is 4.57 Å². The van der Waals surface area contributed by atoms with E-state index >= 15 is 0 Å². The second-order valence-electron chi connectivity index (χ2n) is 11.1. The minimum absolute atomic E-state index is 0.281. The maximum atomic E-state index is 13.8. The van der Waals surface area contributed by atoms with Crippen molar-refractivity contribution in [1.29, 1.82) is 0 Å². The van der Waals surface area contributed by atoms with Gasteiger partial charge in [-0.25, -0.2) is 9.78 Å². The van der Waals surface area contributed by atoms with Crippen molar-refractivity contribution in [3.05, 3.63) is 92.4 Å². The van der Waals surface area contributed by atoms with Gasteiger partial charge in [0.25, 0.3) is 5.56 Å². The highest BCUT2D eigenvalue weighted by Gasteiger charge is 2.21. The van der Waals surface area contributed by atoms with Crippen molar-refractivity contribution in [3.63, 3.8) is 0 Å². The van der Waals surface area contributed by atoms with Gasteiger partial charge in [-0.3, -0.25) is 13.9 Å². The Bertz CT molecular complexity index is 1520. The number of nitrogens with one attached hydrogen (secondary N) is 1. The van der Waals surface area contributed by atoms with Crippen LogP contribution < -0.4 is 22.3 Å². The topological polar surface area (TPSA) is 120 Å². The third-order valence-electron chi connectivity index (χ3n) is 7.79. The Morgan fingerprint density at radius 1 is 0.857 bits per heavy atom. The number of aromatic nitrogens is 4. The summed E-state index contributed by atoms with van der Waals surface area (Å²) < 4.78 is 5.07. The van der Waals surface area contributed by atoms with E-state index in [-0.39, 0.29) is 11.2 Å². The Labute approximate surface area is 248 Å². The van der Waals surface area contributed by atoms with Crippen LogP contribution >= 0.6 is 0 Å². The monoisotopic (exact) mass is 574 g/mol. The van der Waals surface area contributed by atoms with Gasteiger partial charge in [0.2, 0.25) is 0 Å². The maximum Gasteiger partial charge on any atom is 0.332 e.